The largest absolute Gasteiger partial charge is 0.497 e. The van der Waals surface area contributed by atoms with E-state index >= 15 is 0 Å². The molecule has 2 aliphatic rings. The van der Waals surface area contributed by atoms with Gasteiger partial charge in [0, 0.05) is 29.9 Å². The van der Waals surface area contributed by atoms with Gasteiger partial charge in [0.2, 0.25) is 5.91 Å². The Labute approximate surface area is 239 Å². The molecule has 1 saturated heterocycles. The Balaban J connectivity index is 1.46. The van der Waals surface area contributed by atoms with Crippen molar-refractivity contribution in [1.82, 2.24) is 14.8 Å². The molecule has 2 atom stereocenters. The number of carbonyl (C=O) groups is 2. The van der Waals surface area contributed by atoms with Gasteiger partial charge in [-0.2, -0.15) is 0 Å². The minimum atomic E-state index is -1.18. The van der Waals surface area contributed by atoms with Crippen molar-refractivity contribution in [3.8, 4) is 17.2 Å². The van der Waals surface area contributed by atoms with Crippen molar-refractivity contribution in [1.29, 1.82) is 0 Å². The van der Waals surface area contributed by atoms with E-state index in [1.807, 2.05) is 81.4 Å². The van der Waals surface area contributed by atoms with Gasteiger partial charge in [0.25, 0.3) is 5.91 Å². The number of para-hydroxylation sites is 1. The lowest BCUT2D eigenvalue weighted by Gasteiger charge is -2.51. The van der Waals surface area contributed by atoms with Gasteiger partial charge in [0.05, 0.1) is 26.0 Å². The van der Waals surface area contributed by atoms with Gasteiger partial charge in [-0.05, 0) is 67.8 Å². The average molecular weight is 554 g/mol. The zero-order chi connectivity index (χ0) is 28.9. The zero-order valence-corrected chi connectivity index (χ0v) is 24.1. The van der Waals surface area contributed by atoms with E-state index < -0.39 is 5.54 Å². The Hall–Kier alpha value is -4.46. The first-order valence-electron chi connectivity index (χ1n) is 13.9. The smallest absolute Gasteiger partial charge is 0.255 e. The van der Waals surface area contributed by atoms with E-state index in [0.29, 0.717) is 30.3 Å². The lowest BCUT2D eigenvalue weighted by molar-refractivity contribution is -0.166. The number of methoxy groups -OCH3 is 2. The van der Waals surface area contributed by atoms with Crippen LogP contribution in [0, 0.1) is 0 Å². The summed E-state index contributed by atoms with van der Waals surface area (Å²) in [6.07, 6.45) is 0.00209. The SMILES string of the molecule is COc1cccc(CN2CC(=O)N3CC(c4ccc(OC(C)C)c(OC)c4)c4c([nH]c5ccccc45)[C@@]3(C)C2=O)c1. The van der Waals surface area contributed by atoms with Crippen LogP contribution in [0.3, 0.4) is 0 Å². The van der Waals surface area contributed by atoms with Crippen LogP contribution in [0.5, 0.6) is 17.2 Å². The molecule has 2 amide bonds. The molecule has 0 aliphatic carbocycles. The average Bonchev–Trinajstić information content (AvgIpc) is 3.37. The molecule has 1 N–H and O–H groups in total. The lowest BCUT2D eigenvalue weighted by atomic mass is 9.76. The zero-order valence-electron chi connectivity index (χ0n) is 24.1. The fourth-order valence-electron chi connectivity index (χ4n) is 6.35. The van der Waals surface area contributed by atoms with Gasteiger partial charge in [-0.25, -0.2) is 0 Å². The molecule has 0 spiro atoms. The van der Waals surface area contributed by atoms with Crippen LogP contribution in [0.15, 0.2) is 66.7 Å². The van der Waals surface area contributed by atoms with Crippen LogP contribution in [-0.2, 0) is 21.7 Å². The fourth-order valence-corrected chi connectivity index (χ4v) is 6.35. The van der Waals surface area contributed by atoms with Crippen LogP contribution in [0.2, 0.25) is 0 Å². The molecule has 41 heavy (non-hydrogen) atoms. The maximum Gasteiger partial charge on any atom is 0.255 e. The number of rotatable bonds is 7. The molecule has 2 aliphatic heterocycles. The first-order chi connectivity index (χ1) is 19.7. The van der Waals surface area contributed by atoms with Gasteiger partial charge in [-0.3, -0.25) is 9.59 Å². The van der Waals surface area contributed by atoms with Crippen molar-refractivity contribution in [2.75, 3.05) is 27.3 Å². The summed E-state index contributed by atoms with van der Waals surface area (Å²) < 4.78 is 17.0. The van der Waals surface area contributed by atoms with Crippen molar-refractivity contribution in [3.63, 3.8) is 0 Å². The summed E-state index contributed by atoms with van der Waals surface area (Å²) in [6, 6.07) is 21.6. The monoisotopic (exact) mass is 553 g/mol. The maximum atomic E-state index is 14.4. The summed E-state index contributed by atoms with van der Waals surface area (Å²) >= 11 is 0. The molecule has 1 fully saturated rings. The first kappa shape index (κ1) is 26.7. The van der Waals surface area contributed by atoms with Crippen LogP contribution in [0.25, 0.3) is 10.9 Å². The predicted molar refractivity (Wildman–Crippen MR) is 156 cm³/mol. The van der Waals surface area contributed by atoms with E-state index in [2.05, 4.69) is 11.1 Å². The third-order valence-corrected chi connectivity index (χ3v) is 8.28. The van der Waals surface area contributed by atoms with E-state index in [-0.39, 0.29) is 30.4 Å². The second-order valence-corrected chi connectivity index (χ2v) is 11.2. The second-order valence-electron chi connectivity index (χ2n) is 11.2. The van der Waals surface area contributed by atoms with Gasteiger partial charge >= 0.3 is 0 Å². The third-order valence-electron chi connectivity index (χ3n) is 8.28. The van der Waals surface area contributed by atoms with Crippen LogP contribution >= 0.6 is 0 Å². The summed E-state index contributed by atoms with van der Waals surface area (Å²) in [5.41, 5.74) is 3.44. The summed E-state index contributed by atoms with van der Waals surface area (Å²) in [4.78, 5) is 35.2. The van der Waals surface area contributed by atoms with E-state index in [1.165, 1.54) is 0 Å². The van der Waals surface area contributed by atoms with Gasteiger partial charge in [0.15, 0.2) is 17.0 Å². The van der Waals surface area contributed by atoms with E-state index in [1.54, 1.807) is 24.0 Å². The van der Waals surface area contributed by atoms with Crippen molar-refractivity contribution in [3.05, 3.63) is 89.1 Å². The van der Waals surface area contributed by atoms with Crippen molar-refractivity contribution >= 4 is 22.7 Å². The van der Waals surface area contributed by atoms with Gasteiger partial charge < -0.3 is 29.0 Å². The minimum Gasteiger partial charge on any atom is -0.497 e. The van der Waals surface area contributed by atoms with Crippen molar-refractivity contribution in [2.45, 2.75) is 44.9 Å². The maximum absolute atomic E-state index is 14.4. The molecule has 8 heteroatoms. The molecule has 0 radical (unpaired) electrons. The number of ether oxygens (including phenoxy) is 3. The Bertz CT molecular complexity index is 1640. The highest BCUT2D eigenvalue weighted by atomic mass is 16.5. The van der Waals surface area contributed by atoms with E-state index in [0.717, 1.165) is 33.3 Å². The molecular formula is C33H35N3O5. The highest BCUT2D eigenvalue weighted by Gasteiger charge is 2.56. The molecule has 4 aromatic rings. The van der Waals surface area contributed by atoms with Crippen LogP contribution < -0.4 is 14.2 Å². The number of amides is 2. The molecule has 0 saturated carbocycles. The molecule has 1 unspecified atom stereocenters. The normalized spacial score (nSPS) is 20.3. The fraction of sp³-hybridized carbons (Fsp3) is 0.333. The molecule has 212 valence electrons. The summed E-state index contributed by atoms with van der Waals surface area (Å²) in [5.74, 6) is 1.66. The Morgan fingerprint density at radius 1 is 0.976 bits per heavy atom. The summed E-state index contributed by atoms with van der Waals surface area (Å²) in [7, 11) is 3.25. The van der Waals surface area contributed by atoms with E-state index in [4.69, 9.17) is 14.2 Å². The van der Waals surface area contributed by atoms with Crippen molar-refractivity contribution < 1.29 is 23.8 Å². The number of benzene rings is 3. The number of hydrogen-bond donors (Lipinski definition) is 1. The van der Waals surface area contributed by atoms with E-state index in [9.17, 15) is 9.59 Å². The standard InChI is InChI=1S/C33H35N3O5/c1-20(2)41-27-14-13-22(16-28(27)40-5)25-18-36-29(37)19-35(17-21-9-8-10-23(15-21)39-4)32(38)33(36,3)31-30(25)24-11-6-7-12-26(24)34-31/h6-16,20,25,34H,17-19H2,1-5H3/t25?,33-/m0/s1. The molecule has 6 rings (SSSR count). The molecule has 3 aromatic carbocycles. The van der Waals surface area contributed by atoms with Crippen LogP contribution in [-0.4, -0.2) is 60.0 Å². The first-order valence-corrected chi connectivity index (χ1v) is 13.9. The Morgan fingerprint density at radius 2 is 1.78 bits per heavy atom. The molecular weight excluding hydrogens is 518 g/mol. The summed E-state index contributed by atoms with van der Waals surface area (Å²) in [6.45, 7) is 6.53. The Morgan fingerprint density at radius 3 is 2.54 bits per heavy atom. The highest BCUT2D eigenvalue weighted by molar-refractivity contribution is 6.01. The molecule has 0 bridgehead atoms. The highest BCUT2D eigenvalue weighted by Crippen LogP contribution is 2.49. The second kappa shape index (κ2) is 10.2. The summed E-state index contributed by atoms with van der Waals surface area (Å²) in [5, 5.41) is 1.04. The number of hydrogen-bond acceptors (Lipinski definition) is 5. The molecule has 8 nitrogen and oxygen atoms in total. The third kappa shape index (κ3) is 4.38. The van der Waals surface area contributed by atoms with Crippen LogP contribution in [0.4, 0.5) is 0 Å². The Kier molecular flexibility index (Phi) is 6.64. The van der Waals surface area contributed by atoms with Crippen LogP contribution in [0.1, 0.15) is 49.1 Å². The number of H-pyrrole nitrogens is 1. The molecule has 3 heterocycles. The number of nitrogens with one attached hydrogen (secondary N) is 1. The lowest BCUT2D eigenvalue weighted by Crippen LogP contribution is -2.67. The number of carbonyl (C=O) groups excluding carboxylic acids is 2. The molecule has 1 aromatic heterocycles. The number of fused-ring (bicyclic) bond motifs is 5. The van der Waals surface area contributed by atoms with Gasteiger partial charge in [-0.15, -0.1) is 0 Å². The number of nitrogens with zero attached hydrogens (tertiary/aromatic N) is 2. The predicted octanol–water partition coefficient (Wildman–Crippen LogP) is 5.20. The number of piperazine rings is 1. The number of aromatic nitrogens is 1. The van der Waals surface area contributed by atoms with Crippen molar-refractivity contribution in [2.24, 2.45) is 0 Å². The quantitative estimate of drug-likeness (QED) is 0.340. The topological polar surface area (TPSA) is 84.1 Å². The minimum absolute atomic E-state index is 0.00209. The van der Waals surface area contributed by atoms with Gasteiger partial charge in [0.1, 0.15) is 12.3 Å². The number of aromatic amines is 1. The van der Waals surface area contributed by atoms with Gasteiger partial charge in [-0.1, -0.05) is 36.4 Å².